The number of ether oxygens (including phenoxy) is 1. The smallest absolute Gasteiger partial charge is 0.150 e. The summed E-state index contributed by atoms with van der Waals surface area (Å²) in [4.78, 5) is 5.25. The molecule has 35 heavy (non-hydrogen) atoms. The summed E-state index contributed by atoms with van der Waals surface area (Å²) in [5.41, 5.74) is 8.45. The monoisotopic (exact) mass is 528 g/mol. The number of amidine groups is 1. The van der Waals surface area contributed by atoms with E-state index < -0.39 is 11.0 Å². The van der Waals surface area contributed by atoms with Gasteiger partial charge in [0.1, 0.15) is 50.3 Å². The topological polar surface area (TPSA) is 113 Å². The molecular formula is C25H44N4O4S2. The van der Waals surface area contributed by atoms with Crippen LogP contribution < -0.4 is 11.1 Å². The maximum Gasteiger partial charge on any atom is 0.150 e. The van der Waals surface area contributed by atoms with Gasteiger partial charge in [0.2, 0.25) is 0 Å². The molecule has 0 aromatic carbocycles. The van der Waals surface area contributed by atoms with Gasteiger partial charge in [0.15, 0.2) is 0 Å². The van der Waals surface area contributed by atoms with Gasteiger partial charge in [0.05, 0.1) is 13.7 Å². The van der Waals surface area contributed by atoms with Crippen molar-refractivity contribution < 1.29 is 18.5 Å². The van der Waals surface area contributed by atoms with Crippen LogP contribution in [0.1, 0.15) is 72.0 Å². The Kier molecular flexibility index (Phi) is 16.2. The molecule has 0 fully saturated rings. The Morgan fingerprint density at radius 1 is 1.26 bits per heavy atom. The molecule has 0 saturated heterocycles. The van der Waals surface area contributed by atoms with Crippen LogP contribution in [0.25, 0.3) is 0 Å². The average Bonchev–Trinajstić information content (AvgIpc) is 3.12. The van der Waals surface area contributed by atoms with Crippen molar-refractivity contribution in [1.29, 1.82) is 0 Å². The minimum Gasteiger partial charge on any atom is -0.511 e. The summed E-state index contributed by atoms with van der Waals surface area (Å²) in [6.07, 6.45) is 2.73. The van der Waals surface area contributed by atoms with E-state index in [1.54, 1.807) is 4.31 Å². The number of nitrogens with one attached hydrogen (secondary N) is 1. The predicted molar refractivity (Wildman–Crippen MR) is 150 cm³/mol. The lowest BCUT2D eigenvalue weighted by atomic mass is 10.3. The summed E-state index contributed by atoms with van der Waals surface area (Å²) < 4.78 is 25.8. The molecule has 0 aliphatic heterocycles. The second-order valence-electron chi connectivity index (χ2n) is 7.76. The van der Waals surface area contributed by atoms with E-state index in [4.69, 9.17) is 14.9 Å². The van der Waals surface area contributed by atoms with Crippen LogP contribution in [0.15, 0.2) is 48.0 Å². The van der Waals surface area contributed by atoms with Crippen LogP contribution in [0.3, 0.4) is 0 Å². The third kappa shape index (κ3) is 11.4. The van der Waals surface area contributed by atoms with E-state index in [0.717, 1.165) is 22.0 Å². The van der Waals surface area contributed by atoms with Crippen molar-refractivity contribution in [3.05, 3.63) is 55.7 Å². The molecule has 1 heterocycles. The van der Waals surface area contributed by atoms with Crippen LogP contribution in [0, 0.1) is 13.8 Å². The van der Waals surface area contributed by atoms with Gasteiger partial charge in [-0.2, -0.15) is 0 Å². The molecule has 4 N–H and O–H groups in total. The van der Waals surface area contributed by atoms with Gasteiger partial charge in [-0.05, 0) is 46.2 Å². The van der Waals surface area contributed by atoms with Gasteiger partial charge < -0.3 is 25.3 Å². The Morgan fingerprint density at radius 3 is 2.26 bits per heavy atom. The van der Waals surface area contributed by atoms with E-state index in [-0.39, 0.29) is 11.6 Å². The third-order valence-corrected chi connectivity index (χ3v) is 7.98. The summed E-state index contributed by atoms with van der Waals surface area (Å²) in [5.74, 6) is 1.91. The van der Waals surface area contributed by atoms with Gasteiger partial charge in [-0.1, -0.05) is 45.9 Å². The number of rotatable bonds is 12. The number of aliphatic imine (C=N–C) groups is 1. The van der Waals surface area contributed by atoms with Crippen molar-refractivity contribution in [3.63, 3.8) is 0 Å². The predicted octanol–water partition coefficient (Wildman–Crippen LogP) is 5.98. The summed E-state index contributed by atoms with van der Waals surface area (Å²) in [7, 11) is 0.0776. The quantitative estimate of drug-likeness (QED) is 0.174. The lowest BCUT2D eigenvalue weighted by Crippen LogP contribution is -2.27. The molecule has 0 spiro atoms. The normalized spacial score (nSPS) is 14.6. The molecule has 0 aliphatic carbocycles. The van der Waals surface area contributed by atoms with E-state index in [1.165, 1.54) is 38.5 Å². The fourth-order valence-corrected chi connectivity index (χ4v) is 5.13. The second-order valence-corrected chi connectivity index (χ2v) is 10.7. The number of thioether (sulfide) groups is 1. The number of aryl methyl sites for hydroxylation is 2. The Hall–Kier alpha value is -2.17. The molecule has 1 rings (SSSR count). The number of allylic oxidation sites excluding steroid dienone is 3. The van der Waals surface area contributed by atoms with Crippen molar-refractivity contribution in [2.75, 3.05) is 20.2 Å². The number of hydrogen-bond donors (Lipinski definition) is 3. The third-order valence-electron chi connectivity index (χ3n) is 4.62. The standard InChI is InChI=1S/C22H36N4O4S2.C3H8/c1-9-26(10-2)32(28)22(16(5)27)31-18(7)15(4)25-21(23)20(13-29-8)24-12-19-11-14(3)17(6)30-19;1-3-2/h11,13,24,27H,9-10,12H2,1-8H3,(H2,23,25);3H2,1-2H3/b18-15+,20-13+,22-16-;. The van der Waals surface area contributed by atoms with Crippen molar-refractivity contribution in [1.82, 2.24) is 9.62 Å². The van der Waals surface area contributed by atoms with Crippen molar-refractivity contribution in [2.24, 2.45) is 10.7 Å². The maximum absolute atomic E-state index is 12.8. The highest BCUT2D eigenvalue weighted by Gasteiger charge is 2.19. The molecule has 8 nitrogen and oxygen atoms in total. The van der Waals surface area contributed by atoms with Crippen LogP contribution in [-0.2, 0) is 22.3 Å². The van der Waals surface area contributed by atoms with Crippen molar-refractivity contribution >= 4 is 28.6 Å². The highest BCUT2D eigenvalue weighted by molar-refractivity contribution is 8.18. The molecule has 10 heteroatoms. The molecule has 1 unspecified atom stereocenters. The number of aliphatic hydroxyl groups is 1. The zero-order chi connectivity index (χ0) is 27.1. The number of nitrogens with two attached hydrogens (primary N) is 1. The fraction of sp³-hybridized carbons (Fsp3) is 0.560. The number of aliphatic hydroxyl groups excluding tert-OH is 1. The van der Waals surface area contributed by atoms with Gasteiger partial charge in [-0.25, -0.2) is 13.5 Å². The molecule has 0 bridgehead atoms. The SMILES string of the molecule is CCC.CCN(CC)S(=O)/C(S/C(C)=C(C)/N=C(N)/C(=C\OC)NCc1cc(C)c(C)o1)=C(/C)O. The Morgan fingerprint density at radius 2 is 1.83 bits per heavy atom. The lowest BCUT2D eigenvalue weighted by molar-refractivity contribution is 0.332. The summed E-state index contributed by atoms with van der Waals surface area (Å²) in [6, 6.07) is 1.97. The number of furan rings is 1. The highest BCUT2D eigenvalue weighted by atomic mass is 32.2. The molecule has 0 radical (unpaired) electrons. The molecule has 0 aliphatic rings. The van der Waals surface area contributed by atoms with E-state index in [2.05, 4.69) is 24.2 Å². The zero-order valence-corrected chi connectivity index (χ0v) is 24.6. The first kappa shape index (κ1) is 32.8. The second kappa shape index (κ2) is 17.3. The maximum atomic E-state index is 12.8. The fourth-order valence-electron chi connectivity index (χ4n) is 2.57. The van der Waals surface area contributed by atoms with Crippen LogP contribution in [-0.4, -0.2) is 39.7 Å². The molecule has 200 valence electrons. The zero-order valence-electron chi connectivity index (χ0n) is 22.9. The Labute approximate surface area is 218 Å². The molecule has 0 saturated carbocycles. The van der Waals surface area contributed by atoms with E-state index >= 15 is 0 Å². The Balaban J connectivity index is 0.00000365. The molecular weight excluding hydrogens is 484 g/mol. The van der Waals surface area contributed by atoms with E-state index in [1.807, 2.05) is 47.6 Å². The summed E-state index contributed by atoms with van der Waals surface area (Å²) >= 11 is 1.23. The number of hydrogen-bond acceptors (Lipinski definition) is 7. The van der Waals surface area contributed by atoms with E-state index in [0.29, 0.717) is 35.3 Å². The van der Waals surface area contributed by atoms with Crippen LogP contribution in [0.2, 0.25) is 0 Å². The summed E-state index contributed by atoms with van der Waals surface area (Å²) in [6.45, 7) is 18.8. The molecule has 1 atom stereocenters. The first-order valence-electron chi connectivity index (χ1n) is 11.8. The van der Waals surface area contributed by atoms with Gasteiger partial charge in [0.25, 0.3) is 0 Å². The first-order valence-corrected chi connectivity index (χ1v) is 13.7. The van der Waals surface area contributed by atoms with Crippen LogP contribution in [0.4, 0.5) is 0 Å². The first-order chi connectivity index (χ1) is 16.5. The highest BCUT2D eigenvalue weighted by Crippen LogP contribution is 2.33. The molecule has 1 aromatic rings. The van der Waals surface area contributed by atoms with Crippen LogP contribution >= 0.6 is 11.8 Å². The minimum absolute atomic E-state index is 0.0232. The minimum atomic E-state index is -1.45. The average molecular weight is 529 g/mol. The Bertz CT molecular complexity index is 922. The van der Waals surface area contributed by atoms with Gasteiger partial charge in [0, 0.05) is 23.7 Å². The van der Waals surface area contributed by atoms with Gasteiger partial charge in [-0.3, -0.25) is 0 Å². The largest absolute Gasteiger partial charge is 0.511 e. The van der Waals surface area contributed by atoms with Crippen LogP contribution in [0.5, 0.6) is 0 Å². The van der Waals surface area contributed by atoms with E-state index in [9.17, 15) is 9.32 Å². The summed E-state index contributed by atoms with van der Waals surface area (Å²) in [5, 5.41) is 13.3. The number of methoxy groups -OCH3 is 1. The van der Waals surface area contributed by atoms with Crippen molar-refractivity contribution in [3.8, 4) is 0 Å². The lowest BCUT2D eigenvalue weighted by Gasteiger charge is -2.19. The van der Waals surface area contributed by atoms with Gasteiger partial charge >= 0.3 is 0 Å². The molecule has 0 amide bonds. The molecule has 1 aromatic heterocycles. The van der Waals surface area contributed by atoms with Crippen molar-refractivity contribution in [2.45, 2.75) is 75.3 Å². The number of nitrogens with zero attached hydrogens (tertiary/aromatic N) is 2. The van der Waals surface area contributed by atoms with Gasteiger partial charge in [-0.15, -0.1) is 0 Å².